The molecule has 0 aliphatic carbocycles. The van der Waals surface area contributed by atoms with Crippen molar-refractivity contribution in [2.45, 2.75) is 0 Å². The summed E-state index contributed by atoms with van der Waals surface area (Å²) >= 11 is 0. The van der Waals surface area contributed by atoms with Gasteiger partial charge in [0.05, 0.1) is 23.9 Å². The largest absolute Gasteiger partial charge is 2.00 e. The third kappa shape index (κ3) is 15.2. The molecule has 0 aliphatic heterocycles. The van der Waals surface area contributed by atoms with Crippen molar-refractivity contribution >= 4 is 23.9 Å². The maximum absolute atomic E-state index is 10.4. The van der Waals surface area contributed by atoms with E-state index in [-0.39, 0.29) is 46.6 Å². The molecule has 0 saturated carbocycles. The van der Waals surface area contributed by atoms with Gasteiger partial charge in [-0.05, 0) is 0 Å². The molecule has 0 aromatic heterocycles. The normalized spacial score (nSPS) is 9.73. The topological polar surface area (TPSA) is 167 Å². The summed E-state index contributed by atoms with van der Waals surface area (Å²) in [6.07, 6.45) is 0. The van der Waals surface area contributed by atoms with E-state index in [2.05, 4.69) is 0 Å². The molecule has 0 bridgehead atoms. The minimum absolute atomic E-state index is 0. The first kappa shape index (κ1) is 25.7. The Morgan fingerprint density at radius 3 is 0.864 bits per heavy atom. The number of aliphatic carboxylic acids is 4. The molecule has 0 fully saturated rings. The van der Waals surface area contributed by atoms with Crippen LogP contribution in [0.4, 0.5) is 0 Å². The minimum atomic E-state index is -1.53. The second kappa shape index (κ2) is 13.5. The zero-order chi connectivity index (χ0) is 15.7. The summed E-state index contributed by atoms with van der Waals surface area (Å²) in [5, 5.41) is 41.6. The van der Waals surface area contributed by atoms with Crippen molar-refractivity contribution < 1.29 is 73.2 Å². The smallest absolute Gasteiger partial charge is 0.549 e. The number of nitrogens with zero attached hydrogens (tertiary/aromatic N) is 2. The summed E-state index contributed by atoms with van der Waals surface area (Å²) < 4.78 is 0. The number of carbonyl (C=O) groups is 4. The number of carboxylic acids is 4. The Labute approximate surface area is 146 Å². The first-order chi connectivity index (χ1) is 9.20. The van der Waals surface area contributed by atoms with Crippen molar-refractivity contribution in [3.05, 3.63) is 0 Å². The fourth-order valence-corrected chi connectivity index (χ4v) is 1.44. The number of carboxylic acid groups (broad SMARTS) is 4. The van der Waals surface area contributed by atoms with E-state index in [4.69, 9.17) is 0 Å². The number of hydrogen-bond donors (Lipinski definition) is 0. The van der Waals surface area contributed by atoms with Crippen LogP contribution in [0.5, 0.6) is 0 Å². The minimum Gasteiger partial charge on any atom is -0.549 e. The van der Waals surface area contributed by atoms with Crippen LogP contribution in [0.15, 0.2) is 0 Å². The van der Waals surface area contributed by atoms with E-state index < -0.39 is 50.1 Å². The van der Waals surface area contributed by atoms with Crippen molar-refractivity contribution in [1.82, 2.24) is 9.80 Å². The molecule has 22 heavy (non-hydrogen) atoms. The van der Waals surface area contributed by atoms with Crippen LogP contribution in [0.1, 0.15) is 0 Å². The Morgan fingerprint density at radius 1 is 0.545 bits per heavy atom. The van der Waals surface area contributed by atoms with E-state index in [0.29, 0.717) is 0 Å². The maximum atomic E-state index is 10.4. The summed E-state index contributed by atoms with van der Waals surface area (Å²) in [7, 11) is 0. The van der Waals surface area contributed by atoms with Gasteiger partial charge in [0.25, 0.3) is 0 Å². The van der Waals surface area contributed by atoms with Crippen LogP contribution >= 0.6 is 0 Å². The summed E-state index contributed by atoms with van der Waals surface area (Å²) in [6.45, 7) is -3.25. The van der Waals surface area contributed by atoms with E-state index in [9.17, 15) is 39.6 Å². The van der Waals surface area contributed by atoms with Crippen LogP contribution in [0.3, 0.4) is 0 Å². The summed E-state index contributed by atoms with van der Waals surface area (Å²) in [5.74, 6) is -6.12. The van der Waals surface area contributed by atoms with E-state index in [1.807, 2.05) is 0 Å². The second-order valence-electron chi connectivity index (χ2n) is 3.91. The van der Waals surface area contributed by atoms with Gasteiger partial charge in [-0.2, -0.15) is 0 Å². The summed E-state index contributed by atoms with van der Waals surface area (Å²) in [4.78, 5) is 43.4. The third-order valence-electron chi connectivity index (χ3n) is 2.14. The Kier molecular flexibility index (Phi) is 15.8. The molecule has 128 valence electrons. The van der Waals surface area contributed by atoms with Gasteiger partial charge in [-0.1, -0.05) is 0 Å². The van der Waals surface area contributed by atoms with Gasteiger partial charge in [0, 0.05) is 39.3 Å². The zero-order valence-electron chi connectivity index (χ0n) is 11.1. The fraction of sp³-hybridized carbons (Fsp3) is 0.600. The molecule has 0 aromatic carbocycles. The first-order valence-electron chi connectivity index (χ1n) is 5.44. The average molecular weight is 406 g/mol. The molecule has 2 radical (unpaired) electrons. The predicted molar refractivity (Wildman–Crippen MR) is 52.9 cm³/mol. The van der Waals surface area contributed by atoms with Gasteiger partial charge in [-0.15, -0.1) is 0 Å². The molecule has 0 N–H and O–H groups in total. The van der Waals surface area contributed by atoms with Gasteiger partial charge < -0.3 is 39.6 Å². The Hall–Kier alpha value is -1.19. The average Bonchev–Trinajstić information content (AvgIpc) is 2.22. The first-order valence-corrected chi connectivity index (χ1v) is 5.44. The number of rotatable bonds is 11. The van der Waals surface area contributed by atoms with E-state index in [0.717, 1.165) is 9.80 Å². The van der Waals surface area contributed by atoms with Crippen LogP contribution in [-0.4, -0.2) is 72.9 Å². The Morgan fingerprint density at radius 2 is 0.727 bits per heavy atom. The quantitative estimate of drug-likeness (QED) is 0.322. The molecule has 0 unspecified atom stereocenters. The van der Waals surface area contributed by atoms with Crippen LogP contribution in [0, 0.1) is 0 Å². The Bertz CT molecular complexity index is 325. The van der Waals surface area contributed by atoms with Gasteiger partial charge in [0.2, 0.25) is 0 Å². The molecule has 0 atom stereocenters. The second-order valence-corrected chi connectivity index (χ2v) is 3.91. The maximum Gasteiger partial charge on any atom is 2.00 e. The van der Waals surface area contributed by atoms with Crippen molar-refractivity contribution in [2.24, 2.45) is 0 Å². The van der Waals surface area contributed by atoms with Gasteiger partial charge in [-0.25, -0.2) is 0 Å². The SMILES string of the molecule is O=C([O-])CN(CCN(CC(=O)[O-])CC(=O)[O-])CC(=O)[O-].[Co+2].[Co+2]. The van der Waals surface area contributed by atoms with E-state index >= 15 is 0 Å². The molecule has 0 saturated heterocycles. The fourth-order valence-electron chi connectivity index (χ4n) is 1.44. The van der Waals surface area contributed by atoms with Crippen molar-refractivity contribution in [3.63, 3.8) is 0 Å². The summed E-state index contributed by atoms with van der Waals surface area (Å²) in [6, 6.07) is 0. The molecule has 10 nitrogen and oxygen atoms in total. The monoisotopic (exact) mass is 406 g/mol. The van der Waals surface area contributed by atoms with Crippen LogP contribution in [0.25, 0.3) is 0 Å². The van der Waals surface area contributed by atoms with E-state index in [1.54, 1.807) is 0 Å². The van der Waals surface area contributed by atoms with Crippen molar-refractivity contribution in [2.75, 3.05) is 39.3 Å². The van der Waals surface area contributed by atoms with Crippen molar-refractivity contribution in [1.29, 1.82) is 0 Å². The standard InChI is InChI=1S/C10H16N2O8.2Co/c13-7(14)3-11(4-8(15)16)1-2-12(5-9(17)18)6-10(19)20;;/h1-6H2,(H,13,14)(H,15,16)(H,17,18)(H,19,20);;/q;2*+2/p-4. The molecule has 0 spiro atoms. The van der Waals surface area contributed by atoms with Gasteiger partial charge >= 0.3 is 33.6 Å². The molecular formula is C10H12Co2N2O8. The molecule has 0 amide bonds. The number of hydrogen-bond acceptors (Lipinski definition) is 10. The zero-order valence-corrected chi connectivity index (χ0v) is 13.2. The predicted octanol–water partition coefficient (Wildman–Crippen LogP) is -7.42. The number of carbonyl (C=O) groups excluding carboxylic acids is 4. The molecule has 0 aliphatic rings. The van der Waals surface area contributed by atoms with Gasteiger partial charge in [-0.3, -0.25) is 9.80 Å². The Balaban J connectivity index is -0.00000180. The molecule has 0 heterocycles. The van der Waals surface area contributed by atoms with Gasteiger partial charge in [0.1, 0.15) is 0 Å². The van der Waals surface area contributed by atoms with Crippen LogP contribution in [-0.2, 0) is 52.7 Å². The summed E-state index contributed by atoms with van der Waals surface area (Å²) in [5.41, 5.74) is 0. The molecule has 0 aromatic rings. The van der Waals surface area contributed by atoms with Crippen LogP contribution < -0.4 is 20.4 Å². The van der Waals surface area contributed by atoms with Gasteiger partial charge in [0.15, 0.2) is 0 Å². The molecular weight excluding hydrogens is 394 g/mol. The molecule has 0 rings (SSSR count). The van der Waals surface area contributed by atoms with E-state index in [1.165, 1.54) is 0 Å². The van der Waals surface area contributed by atoms with Crippen molar-refractivity contribution in [3.8, 4) is 0 Å². The van der Waals surface area contributed by atoms with Crippen LogP contribution in [0.2, 0.25) is 0 Å². The molecule has 12 heteroatoms. The third-order valence-corrected chi connectivity index (χ3v) is 2.14.